The number of nitrogens with one attached hydrogen (secondary N) is 1. The molecule has 5 N–H and O–H groups in total. The van der Waals surface area contributed by atoms with Gasteiger partial charge in [-0.2, -0.15) is 13.2 Å². The molecule has 1 aliphatic carbocycles. The van der Waals surface area contributed by atoms with E-state index in [-0.39, 0.29) is 31.9 Å². The van der Waals surface area contributed by atoms with Crippen LogP contribution < -0.4 is 11.1 Å². The minimum absolute atomic E-state index is 0.112. The van der Waals surface area contributed by atoms with Crippen LogP contribution in [0.1, 0.15) is 51.9 Å². The third-order valence-electron chi connectivity index (χ3n) is 6.15. The molecule has 10 nitrogen and oxygen atoms in total. The number of likely N-dealkylation sites (tertiary alicyclic amines) is 1. The summed E-state index contributed by atoms with van der Waals surface area (Å²) in [5.74, 6) is -5.20. The number of aliphatic carboxylic acids is 1. The number of nitrogens with zero attached hydrogens (tertiary/aromatic N) is 1. The molecule has 2 amide bonds. The largest absolute Gasteiger partial charge is 0.480 e. The van der Waals surface area contributed by atoms with Crippen molar-refractivity contribution in [3.05, 3.63) is 12.2 Å². The van der Waals surface area contributed by atoms with Gasteiger partial charge in [0.1, 0.15) is 17.6 Å². The maximum absolute atomic E-state index is 12.8. The van der Waals surface area contributed by atoms with E-state index >= 15 is 0 Å². The molecule has 0 unspecified atom stereocenters. The first-order valence-electron chi connectivity index (χ1n) is 11.5. The Morgan fingerprint density at radius 3 is 2.54 bits per heavy atom. The molecule has 1 saturated heterocycles. The summed E-state index contributed by atoms with van der Waals surface area (Å²) in [7, 11) is 0. The Bertz CT molecular complexity index is 836. The summed E-state index contributed by atoms with van der Waals surface area (Å²) in [6, 6.07) is -2.94. The molecule has 0 aromatic carbocycles. The number of carboxylic acids is 1. The van der Waals surface area contributed by atoms with E-state index in [0.29, 0.717) is 32.1 Å². The maximum Gasteiger partial charge on any atom is 0.471 e. The average molecular weight is 508 g/mol. The third kappa shape index (κ3) is 7.66. The van der Waals surface area contributed by atoms with Crippen LogP contribution in [-0.4, -0.2) is 81.9 Å². The number of β-amino-alcohol motifs (C(OH)–C–C–N with tert-alkyl or cyclic N) is 1. The van der Waals surface area contributed by atoms with Crippen molar-refractivity contribution >= 4 is 23.8 Å². The Balaban J connectivity index is 1.86. The van der Waals surface area contributed by atoms with Gasteiger partial charge in [0.25, 0.3) is 0 Å². The average Bonchev–Trinajstić information content (AvgIpc) is 3.27. The normalized spacial score (nSPS) is 27.0. The lowest BCUT2D eigenvalue weighted by Gasteiger charge is -2.27. The first kappa shape index (κ1) is 28.6. The number of aliphatic hydroxyl groups excluding tert-OH is 1. The van der Waals surface area contributed by atoms with Crippen LogP contribution in [0.5, 0.6) is 0 Å². The number of ether oxygens (including phenoxy) is 1. The number of carbonyl (C=O) groups is 4. The van der Waals surface area contributed by atoms with Gasteiger partial charge in [-0.3, -0.25) is 14.4 Å². The number of aliphatic hydroxyl groups is 1. The lowest BCUT2D eigenvalue weighted by molar-refractivity contribution is -0.175. The van der Waals surface area contributed by atoms with Crippen LogP contribution in [0.2, 0.25) is 0 Å². The summed E-state index contributed by atoms with van der Waals surface area (Å²) in [6.45, 7) is 1.60. The van der Waals surface area contributed by atoms with Gasteiger partial charge < -0.3 is 30.9 Å². The van der Waals surface area contributed by atoms with Gasteiger partial charge in [0.15, 0.2) is 0 Å². The number of unbranched alkanes of at least 4 members (excludes halogenated alkanes) is 3. The zero-order chi connectivity index (χ0) is 26.4. The molecule has 1 heterocycles. The fraction of sp³-hybridized carbons (Fsp3) is 0.727. The maximum atomic E-state index is 12.8. The Morgan fingerprint density at radius 1 is 1.26 bits per heavy atom. The van der Waals surface area contributed by atoms with E-state index in [1.54, 1.807) is 12.2 Å². The van der Waals surface area contributed by atoms with Crippen molar-refractivity contribution in [1.29, 1.82) is 0 Å². The summed E-state index contributed by atoms with van der Waals surface area (Å²) in [5.41, 5.74) is 4.98. The molecule has 0 radical (unpaired) electrons. The Labute approximate surface area is 200 Å². The summed E-state index contributed by atoms with van der Waals surface area (Å²) in [6.07, 6.45) is -0.438. The van der Waals surface area contributed by atoms with Crippen molar-refractivity contribution < 1.29 is 47.3 Å². The molecule has 0 aromatic rings. The molecule has 2 rings (SSSR count). The van der Waals surface area contributed by atoms with Gasteiger partial charge in [-0.25, -0.2) is 4.79 Å². The van der Waals surface area contributed by atoms with Crippen LogP contribution in [-0.2, 0) is 23.9 Å². The Hall–Kier alpha value is -2.67. The second-order valence-electron chi connectivity index (χ2n) is 8.90. The van der Waals surface area contributed by atoms with Crippen LogP contribution in [0.15, 0.2) is 12.2 Å². The highest BCUT2D eigenvalue weighted by atomic mass is 19.4. The summed E-state index contributed by atoms with van der Waals surface area (Å²) >= 11 is 0. The van der Waals surface area contributed by atoms with E-state index in [9.17, 15) is 42.6 Å². The summed E-state index contributed by atoms with van der Waals surface area (Å²) < 4.78 is 43.2. The highest BCUT2D eigenvalue weighted by Gasteiger charge is 2.57. The van der Waals surface area contributed by atoms with Gasteiger partial charge in [-0.15, -0.1) is 0 Å². The quantitative estimate of drug-likeness (QED) is 0.172. The molecule has 1 saturated carbocycles. The van der Waals surface area contributed by atoms with E-state index in [1.807, 2.05) is 12.2 Å². The van der Waals surface area contributed by atoms with Gasteiger partial charge >= 0.3 is 24.0 Å². The van der Waals surface area contributed by atoms with E-state index in [4.69, 9.17) is 10.5 Å². The molecule has 13 heteroatoms. The second kappa shape index (κ2) is 11.8. The number of carboxylic acid groups (broad SMARTS) is 1. The van der Waals surface area contributed by atoms with E-state index in [2.05, 4.69) is 0 Å². The SMILES string of the molecule is CCOC(=O)[C@@]1(N)C[C@H]1C=CCCCCC[C@H](NC(=O)C(F)(F)F)C(=O)N1C[C@H](O)C[C@H]1C(=O)O. The van der Waals surface area contributed by atoms with Crippen molar-refractivity contribution in [2.75, 3.05) is 13.2 Å². The number of alkyl halides is 3. The molecular formula is C22H32F3N3O7. The van der Waals surface area contributed by atoms with Gasteiger partial charge in [0, 0.05) is 18.9 Å². The smallest absolute Gasteiger partial charge is 0.471 e. The first-order valence-corrected chi connectivity index (χ1v) is 11.5. The topological polar surface area (TPSA) is 159 Å². The minimum atomic E-state index is -5.20. The molecule has 0 aromatic heterocycles. The number of amides is 2. The third-order valence-corrected chi connectivity index (χ3v) is 6.15. The molecule has 198 valence electrons. The Kier molecular flexibility index (Phi) is 9.67. The van der Waals surface area contributed by atoms with Crippen molar-refractivity contribution in [3.63, 3.8) is 0 Å². The monoisotopic (exact) mass is 507 g/mol. The van der Waals surface area contributed by atoms with E-state index < -0.39 is 53.7 Å². The van der Waals surface area contributed by atoms with Crippen molar-refractivity contribution in [2.24, 2.45) is 11.7 Å². The lowest BCUT2D eigenvalue weighted by Crippen LogP contribution is -2.54. The van der Waals surface area contributed by atoms with Gasteiger partial charge in [-0.1, -0.05) is 25.0 Å². The molecule has 2 fully saturated rings. The minimum Gasteiger partial charge on any atom is -0.480 e. The van der Waals surface area contributed by atoms with Gasteiger partial charge in [-0.05, 0) is 32.6 Å². The number of halogens is 3. The van der Waals surface area contributed by atoms with Gasteiger partial charge in [0.05, 0.1) is 12.7 Å². The second-order valence-corrected chi connectivity index (χ2v) is 8.90. The molecule has 5 atom stereocenters. The number of rotatable bonds is 12. The lowest BCUT2D eigenvalue weighted by atomic mass is 10.0. The van der Waals surface area contributed by atoms with Crippen molar-refractivity contribution in [3.8, 4) is 0 Å². The number of carbonyl (C=O) groups excluding carboxylic acids is 3. The number of allylic oxidation sites excluding steroid dienone is 1. The van der Waals surface area contributed by atoms with Crippen LogP contribution in [0.3, 0.4) is 0 Å². The fourth-order valence-corrected chi connectivity index (χ4v) is 4.08. The van der Waals surface area contributed by atoms with E-state index in [1.165, 1.54) is 0 Å². The fourth-order valence-electron chi connectivity index (χ4n) is 4.08. The zero-order valence-electron chi connectivity index (χ0n) is 19.4. The standard InChI is InChI=1S/C22H32F3N3O7/c1-2-35-20(34)21(26)11-13(21)8-6-4-3-5-7-9-15(27-19(33)22(23,24)25)17(30)28-12-14(29)10-16(28)18(31)32/h6,8,13-16,29H,2-5,7,9-12,26H2,1H3,(H,27,33)(H,31,32)/t13-,14-,15+,16+,21-/m1/s1. The first-order chi connectivity index (χ1) is 16.3. The molecule has 35 heavy (non-hydrogen) atoms. The Morgan fingerprint density at radius 2 is 1.94 bits per heavy atom. The van der Waals surface area contributed by atoms with Crippen LogP contribution in [0.25, 0.3) is 0 Å². The highest BCUT2D eigenvalue weighted by Crippen LogP contribution is 2.43. The number of nitrogens with two attached hydrogens (primary N) is 1. The van der Waals surface area contributed by atoms with Crippen molar-refractivity contribution in [2.45, 2.75) is 81.8 Å². The zero-order valence-corrected chi connectivity index (χ0v) is 19.4. The van der Waals surface area contributed by atoms with Crippen LogP contribution in [0, 0.1) is 5.92 Å². The molecule has 0 bridgehead atoms. The highest BCUT2D eigenvalue weighted by molar-refractivity contribution is 5.92. The summed E-state index contributed by atoms with van der Waals surface area (Å²) in [4.78, 5) is 48.2. The molecular weight excluding hydrogens is 475 g/mol. The molecule has 0 spiro atoms. The van der Waals surface area contributed by atoms with Crippen molar-refractivity contribution in [1.82, 2.24) is 10.2 Å². The van der Waals surface area contributed by atoms with Crippen LogP contribution >= 0.6 is 0 Å². The van der Waals surface area contributed by atoms with Gasteiger partial charge in [0.2, 0.25) is 5.91 Å². The van der Waals surface area contributed by atoms with Crippen LogP contribution in [0.4, 0.5) is 13.2 Å². The van der Waals surface area contributed by atoms with E-state index in [0.717, 1.165) is 4.90 Å². The predicted molar refractivity (Wildman–Crippen MR) is 116 cm³/mol. The predicted octanol–water partition coefficient (Wildman–Crippen LogP) is 0.867. The molecule has 1 aliphatic heterocycles. The summed E-state index contributed by atoms with van der Waals surface area (Å²) in [5, 5.41) is 20.6. The molecule has 2 aliphatic rings. The number of hydrogen-bond acceptors (Lipinski definition) is 7. The number of hydrogen-bond donors (Lipinski definition) is 4. The number of esters is 1.